The molecule has 0 spiro atoms. The first kappa shape index (κ1) is 16.0. The molecule has 6 heteroatoms. The average Bonchev–Trinajstić information content (AvgIpc) is 2.21. The molecular formula is C13H15NO3S2. The van der Waals surface area contributed by atoms with Crippen molar-refractivity contribution in [1.29, 1.82) is 5.26 Å². The summed E-state index contributed by atoms with van der Waals surface area (Å²) >= 11 is 1.95. The van der Waals surface area contributed by atoms with Crippen molar-refractivity contribution in [1.82, 2.24) is 0 Å². The number of hydrogen-bond donors (Lipinski definition) is 0. The highest BCUT2D eigenvalue weighted by Crippen LogP contribution is 2.40. The first-order valence-corrected chi connectivity index (χ1v) is 7.56. The van der Waals surface area contributed by atoms with E-state index in [2.05, 4.69) is 0 Å². The zero-order chi connectivity index (χ0) is 14.6. The maximum absolute atomic E-state index is 12.1. The molecule has 0 N–H and O–H groups in total. The molecule has 1 aliphatic carbocycles. The van der Waals surface area contributed by atoms with Crippen LogP contribution >= 0.6 is 23.5 Å². The van der Waals surface area contributed by atoms with Crippen molar-refractivity contribution in [2.75, 3.05) is 5.75 Å². The van der Waals surface area contributed by atoms with Gasteiger partial charge in [0, 0.05) is 19.8 Å². The van der Waals surface area contributed by atoms with Gasteiger partial charge in [-0.2, -0.15) is 5.26 Å². The highest BCUT2D eigenvalue weighted by molar-refractivity contribution is 8.29. The van der Waals surface area contributed by atoms with Gasteiger partial charge in [0.15, 0.2) is 16.7 Å². The van der Waals surface area contributed by atoms with E-state index >= 15 is 0 Å². The molecule has 1 fully saturated rings. The summed E-state index contributed by atoms with van der Waals surface area (Å²) in [6.45, 7) is 5.12. The molecule has 1 rings (SSSR count). The van der Waals surface area contributed by atoms with E-state index in [-0.39, 0.29) is 33.4 Å². The molecule has 0 amide bonds. The lowest BCUT2D eigenvalue weighted by Gasteiger charge is -2.29. The van der Waals surface area contributed by atoms with Crippen molar-refractivity contribution in [2.24, 2.45) is 5.41 Å². The topological polar surface area (TPSA) is 75.0 Å². The second kappa shape index (κ2) is 6.40. The lowest BCUT2D eigenvalue weighted by atomic mass is 9.74. The van der Waals surface area contributed by atoms with Gasteiger partial charge in [0.25, 0.3) is 0 Å². The van der Waals surface area contributed by atoms with Gasteiger partial charge in [-0.15, -0.1) is 11.8 Å². The summed E-state index contributed by atoms with van der Waals surface area (Å²) in [4.78, 5) is 35.4. The minimum Gasteiger partial charge on any atom is -0.294 e. The molecule has 0 heterocycles. The van der Waals surface area contributed by atoms with Crippen LogP contribution in [0.3, 0.4) is 0 Å². The van der Waals surface area contributed by atoms with Crippen LogP contribution in [0.15, 0.2) is 9.81 Å². The van der Waals surface area contributed by atoms with Crippen LogP contribution in [0.4, 0.5) is 0 Å². The van der Waals surface area contributed by atoms with Gasteiger partial charge in [-0.1, -0.05) is 13.8 Å². The maximum atomic E-state index is 12.1. The summed E-state index contributed by atoms with van der Waals surface area (Å²) < 4.78 is 0.375. The van der Waals surface area contributed by atoms with Crippen molar-refractivity contribution in [3.05, 3.63) is 9.81 Å². The quantitative estimate of drug-likeness (QED) is 0.589. The molecular weight excluding hydrogens is 282 g/mol. The van der Waals surface area contributed by atoms with Crippen molar-refractivity contribution < 1.29 is 14.4 Å². The standard InChI is InChI=1S/C13H15NO3S2/c1-8(15)19-12(18-5-4-14)11-9(16)6-13(2,3)7-10(11)17/h5-7H2,1-3H3. The Kier molecular flexibility index (Phi) is 5.39. The predicted molar refractivity (Wildman–Crippen MR) is 76.4 cm³/mol. The molecule has 0 bridgehead atoms. The number of carbonyl (C=O) groups is 3. The van der Waals surface area contributed by atoms with Crippen LogP contribution in [0.25, 0.3) is 0 Å². The van der Waals surface area contributed by atoms with Crippen molar-refractivity contribution in [3.63, 3.8) is 0 Å². The molecule has 0 aromatic heterocycles. The van der Waals surface area contributed by atoms with E-state index in [4.69, 9.17) is 5.26 Å². The number of thioether (sulfide) groups is 2. The van der Waals surface area contributed by atoms with E-state index in [0.717, 1.165) is 23.5 Å². The van der Waals surface area contributed by atoms with E-state index in [9.17, 15) is 14.4 Å². The van der Waals surface area contributed by atoms with Gasteiger partial charge in [-0.25, -0.2) is 0 Å². The third kappa shape index (κ3) is 4.51. The van der Waals surface area contributed by atoms with E-state index in [1.54, 1.807) is 0 Å². The fourth-order valence-electron chi connectivity index (χ4n) is 1.87. The van der Waals surface area contributed by atoms with Crippen LogP contribution in [0.1, 0.15) is 33.6 Å². The van der Waals surface area contributed by atoms with E-state index < -0.39 is 0 Å². The number of ketones is 2. The Bertz CT molecular complexity index is 479. The molecule has 0 aromatic rings. The van der Waals surface area contributed by atoms with E-state index in [1.165, 1.54) is 6.92 Å². The molecule has 102 valence electrons. The first-order chi connectivity index (χ1) is 8.76. The SMILES string of the molecule is CC(=O)SC(SCC#N)=C1C(=O)CC(C)(C)CC1=O. The fraction of sp³-hybridized carbons (Fsp3) is 0.538. The number of hydrogen-bond acceptors (Lipinski definition) is 6. The summed E-state index contributed by atoms with van der Waals surface area (Å²) in [6.07, 6.45) is 0.590. The summed E-state index contributed by atoms with van der Waals surface area (Å²) in [6, 6.07) is 1.94. The highest BCUT2D eigenvalue weighted by atomic mass is 32.2. The monoisotopic (exact) mass is 297 g/mol. The third-order valence-corrected chi connectivity index (χ3v) is 4.56. The van der Waals surface area contributed by atoms with Crippen LogP contribution in [-0.4, -0.2) is 22.4 Å². The number of Topliss-reactive ketones (excluding diaryl/α,β-unsaturated/α-hetero) is 2. The van der Waals surface area contributed by atoms with Crippen LogP contribution in [-0.2, 0) is 14.4 Å². The minimum absolute atomic E-state index is 0.111. The third-order valence-electron chi connectivity index (χ3n) is 2.54. The van der Waals surface area contributed by atoms with Crippen molar-refractivity contribution in [3.8, 4) is 6.07 Å². The molecule has 0 unspecified atom stereocenters. The van der Waals surface area contributed by atoms with Gasteiger partial charge in [-0.3, -0.25) is 14.4 Å². The highest BCUT2D eigenvalue weighted by Gasteiger charge is 2.37. The fourth-order valence-corrected chi connectivity index (χ4v) is 3.80. The Labute approximate surface area is 121 Å². The summed E-state index contributed by atoms with van der Waals surface area (Å²) in [5.74, 6) is -0.339. The Morgan fingerprint density at radius 1 is 1.32 bits per heavy atom. The van der Waals surface area contributed by atoms with E-state index in [0.29, 0.717) is 17.1 Å². The average molecular weight is 297 g/mol. The molecule has 0 saturated heterocycles. The van der Waals surface area contributed by atoms with Gasteiger partial charge >= 0.3 is 0 Å². The van der Waals surface area contributed by atoms with Gasteiger partial charge in [0.2, 0.25) is 0 Å². The van der Waals surface area contributed by atoms with Crippen molar-refractivity contribution >= 4 is 40.2 Å². The summed E-state index contributed by atoms with van der Waals surface area (Å²) in [7, 11) is 0. The Morgan fingerprint density at radius 3 is 2.26 bits per heavy atom. The van der Waals surface area contributed by atoms with Crippen LogP contribution in [0.5, 0.6) is 0 Å². The second-order valence-electron chi connectivity index (χ2n) is 5.07. The molecule has 19 heavy (non-hydrogen) atoms. The molecule has 0 atom stereocenters. The first-order valence-electron chi connectivity index (χ1n) is 5.75. The normalized spacial score (nSPS) is 18.1. The Morgan fingerprint density at radius 2 is 1.84 bits per heavy atom. The van der Waals surface area contributed by atoms with Crippen LogP contribution in [0.2, 0.25) is 0 Å². The number of allylic oxidation sites excluding steroid dienone is 1. The van der Waals surface area contributed by atoms with Crippen LogP contribution < -0.4 is 0 Å². The zero-order valence-corrected chi connectivity index (χ0v) is 12.7. The van der Waals surface area contributed by atoms with E-state index in [1.807, 2.05) is 19.9 Å². The minimum atomic E-state index is -0.330. The van der Waals surface area contributed by atoms with Gasteiger partial charge < -0.3 is 0 Å². The zero-order valence-electron chi connectivity index (χ0n) is 11.1. The van der Waals surface area contributed by atoms with Crippen molar-refractivity contribution in [2.45, 2.75) is 33.6 Å². The largest absolute Gasteiger partial charge is 0.294 e. The molecule has 1 aliphatic rings. The molecule has 4 nitrogen and oxygen atoms in total. The van der Waals surface area contributed by atoms with Crippen LogP contribution in [0, 0.1) is 16.7 Å². The number of rotatable bonds is 3. The number of nitriles is 1. The maximum Gasteiger partial charge on any atom is 0.191 e. The lowest BCUT2D eigenvalue weighted by molar-refractivity contribution is -0.127. The molecule has 0 aromatic carbocycles. The smallest absolute Gasteiger partial charge is 0.191 e. The number of nitrogens with zero attached hydrogens (tertiary/aromatic N) is 1. The molecule has 0 aliphatic heterocycles. The molecule has 0 radical (unpaired) electrons. The predicted octanol–water partition coefficient (Wildman–Crippen LogP) is 2.69. The Hall–Kier alpha value is -1.06. The Balaban J connectivity index is 3.13. The number of carbonyl (C=O) groups excluding carboxylic acids is 3. The second-order valence-corrected chi connectivity index (χ2v) is 7.50. The lowest BCUT2D eigenvalue weighted by Crippen LogP contribution is -2.32. The van der Waals surface area contributed by atoms with Gasteiger partial charge in [0.1, 0.15) is 0 Å². The summed E-state index contributed by atoms with van der Waals surface area (Å²) in [5, 5.41) is 8.41. The van der Waals surface area contributed by atoms with Gasteiger partial charge in [0.05, 0.1) is 21.6 Å². The van der Waals surface area contributed by atoms with Gasteiger partial charge in [-0.05, 0) is 17.2 Å². The molecule has 1 saturated carbocycles. The summed E-state index contributed by atoms with van der Waals surface area (Å²) in [5.41, 5.74) is -0.219.